The monoisotopic (exact) mass is 884 g/mol. The standard InChI is InChI=1S/C48H85NO13/c1-3-5-7-9-11-13-15-16-17-18-19-20-22-24-26-28-30-32-40(53)49-36(37(52)31-29-27-25-23-21-14-12-10-8-6-4-2)35-59-47-45(58)43(56)46(39(34-51)61-47)62-48-44(57)42(55)41(54)38(33-50)60-48/h5,7,11,13,16-17,19-20,36-39,41-48,50-52,54-58H,3-4,6,8-10,12,14-15,18,21-35H2,1-2H3,(H,49,53)/b7-5-,13-11-,17-16-,20-19-. The fourth-order valence-electron chi connectivity index (χ4n) is 7.64. The molecule has 12 unspecified atom stereocenters. The number of nitrogens with one attached hydrogen (secondary N) is 1. The van der Waals surface area contributed by atoms with E-state index in [4.69, 9.17) is 18.9 Å². The number of aliphatic hydroxyl groups is 8. The summed E-state index contributed by atoms with van der Waals surface area (Å²) < 4.78 is 22.7. The van der Waals surface area contributed by atoms with Gasteiger partial charge in [0.15, 0.2) is 12.6 Å². The molecular weight excluding hydrogens is 799 g/mol. The van der Waals surface area contributed by atoms with Crippen LogP contribution in [0.3, 0.4) is 0 Å². The first-order chi connectivity index (χ1) is 30.1. The molecule has 0 aromatic carbocycles. The Hall–Kier alpha value is -2.05. The zero-order valence-electron chi connectivity index (χ0n) is 37.8. The van der Waals surface area contributed by atoms with Gasteiger partial charge in [0.25, 0.3) is 0 Å². The van der Waals surface area contributed by atoms with E-state index in [0.717, 1.165) is 77.0 Å². The van der Waals surface area contributed by atoms with Crippen LogP contribution in [0.15, 0.2) is 48.6 Å². The van der Waals surface area contributed by atoms with E-state index < -0.39 is 86.8 Å². The SMILES string of the molecule is CC/C=C\C/C=C\C/C=C\C/C=C\CCCCCCC(=O)NC(COC1OC(CO)C(OC2OC(CO)C(O)C(O)C2O)C(O)C1O)C(O)CCCCCCCCCCCCC. The van der Waals surface area contributed by atoms with Crippen molar-refractivity contribution in [3.63, 3.8) is 0 Å². The van der Waals surface area contributed by atoms with Crippen molar-refractivity contribution in [2.45, 2.75) is 229 Å². The van der Waals surface area contributed by atoms with Crippen molar-refractivity contribution in [1.29, 1.82) is 0 Å². The van der Waals surface area contributed by atoms with Crippen LogP contribution >= 0.6 is 0 Å². The highest BCUT2D eigenvalue weighted by molar-refractivity contribution is 5.76. The Morgan fingerprint density at radius 3 is 1.71 bits per heavy atom. The molecule has 0 aromatic rings. The Morgan fingerprint density at radius 2 is 1.11 bits per heavy atom. The molecular formula is C48H85NO13. The molecule has 0 aromatic heterocycles. The molecule has 0 saturated carbocycles. The van der Waals surface area contributed by atoms with Gasteiger partial charge >= 0.3 is 0 Å². The fraction of sp³-hybridized carbons (Fsp3) is 0.812. The summed E-state index contributed by atoms with van der Waals surface area (Å²) >= 11 is 0. The lowest BCUT2D eigenvalue weighted by Crippen LogP contribution is -2.65. The van der Waals surface area contributed by atoms with Crippen LogP contribution in [0, 0.1) is 0 Å². The highest BCUT2D eigenvalue weighted by Gasteiger charge is 2.51. The molecule has 0 spiro atoms. The number of rotatable bonds is 35. The van der Waals surface area contributed by atoms with Gasteiger partial charge in [-0.25, -0.2) is 0 Å². The van der Waals surface area contributed by atoms with Gasteiger partial charge in [-0.2, -0.15) is 0 Å². The van der Waals surface area contributed by atoms with Gasteiger partial charge < -0.3 is 65.1 Å². The van der Waals surface area contributed by atoms with Crippen LogP contribution in [0.25, 0.3) is 0 Å². The van der Waals surface area contributed by atoms with E-state index >= 15 is 0 Å². The Balaban J connectivity index is 1.87. The smallest absolute Gasteiger partial charge is 0.220 e. The summed E-state index contributed by atoms with van der Waals surface area (Å²) in [5.74, 6) is -0.234. The van der Waals surface area contributed by atoms with Crippen molar-refractivity contribution in [2.75, 3.05) is 19.8 Å². The lowest BCUT2D eigenvalue weighted by molar-refractivity contribution is -0.359. The predicted octanol–water partition coefficient (Wildman–Crippen LogP) is 5.32. The Morgan fingerprint density at radius 1 is 0.597 bits per heavy atom. The second-order valence-corrected chi connectivity index (χ2v) is 16.9. The minimum atomic E-state index is -1.78. The molecule has 2 rings (SSSR count). The zero-order chi connectivity index (χ0) is 45.4. The van der Waals surface area contributed by atoms with Gasteiger partial charge in [0, 0.05) is 6.42 Å². The third kappa shape index (κ3) is 22.7. The zero-order valence-corrected chi connectivity index (χ0v) is 37.8. The first-order valence-electron chi connectivity index (χ1n) is 23.9. The maximum atomic E-state index is 13.1. The van der Waals surface area contributed by atoms with Crippen LogP contribution in [0.2, 0.25) is 0 Å². The third-order valence-electron chi connectivity index (χ3n) is 11.6. The van der Waals surface area contributed by atoms with Gasteiger partial charge in [-0.05, 0) is 51.4 Å². The lowest BCUT2D eigenvalue weighted by atomic mass is 9.97. The normalized spacial score (nSPS) is 28.2. The number of allylic oxidation sites excluding steroid dienone is 8. The van der Waals surface area contributed by atoms with Gasteiger partial charge in [-0.3, -0.25) is 4.79 Å². The molecule has 14 heteroatoms. The molecule has 2 heterocycles. The van der Waals surface area contributed by atoms with Crippen molar-refractivity contribution in [3.05, 3.63) is 48.6 Å². The number of ether oxygens (including phenoxy) is 4. The summed E-state index contributed by atoms with van der Waals surface area (Å²) in [7, 11) is 0. The van der Waals surface area contributed by atoms with Crippen LogP contribution < -0.4 is 5.32 Å². The van der Waals surface area contributed by atoms with Crippen molar-refractivity contribution in [3.8, 4) is 0 Å². The molecule has 360 valence electrons. The first kappa shape index (κ1) is 56.1. The highest BCUT2D eigenvalue weighted by atomic mass is 16.7. The van der Waals surface area contributed by atoms with E-state index in [0.29, 0.717) is 12.8 Å². The van der Waals surface area contributed by atoms with E-state index in [-0.39, 0.29) is 18.9 Å². The van der Waals surface area contributed by atoms with Crippen molar-refractivity contribution in [2.24, 2.45) is 0 Å². The number of hydrogen-bond acceptors (Lipinski definition) is 13. The van der Waals surface area contributed by atoms with E-state index in [1.165, 1.54) is 44.9 Å². The molecule has 12 atom stereocenters. The summed E-state index contributed by atoms with van der Waals surface area (Å²) in [6, 6.07) is -0.840. The maximum Gasteiger partial charge on any atom is 0.220 e. The van der Waals surface area contributed by atoms with E-state index in [9.17, 15) is 45.6 Å². The van der Waals surface area contributed by atoms with E-state index in [2.05, 4.69) is 67.8 Å². The molecule has 9 N–H and O–H groups in total. The Labute approximate surface area is 372 Å². The molecule has 14 nitrogen and oxygen atoms in total. The van der Waals surface area contributed by atoms with Gasteiger partial charge in [0.05, 0.1) is 32.0 Å². The largest absolute Gasteiger partial charge is 0.394 e. The van der Waals surface area contributed by atoms with Crippen LogP contribution in [0.4, 0.5) is 0 Å². The van der Waals surface area contributed by atoms with Crippen molar-refractivity contribution in [1.82, 2.24) is 5.32 Å². The first-order valence-corrected chi connectivity index (χ1v) is 23.9. The minimum absolute atomic E-state index is 0.234. The molecule has 0 bridgehead atoms. The number of amides is 1. The van der Waals surface area contributed by atoms with E-state index in [1.54, 1.807) is 0 Å². The molecule has 2 aliphatic rings. The quantitative estimate of drug-likeness (QED) is 0.0291. The Bertz CT molecular complexity index is 1230. The molecule has 2 saturated heterocycles. The van der Waals surface area contributed by atoms with Gasteiger partial charge in [-0.15, -0.1) is 0 Å². The van der Waals surface area contributed by atoms with Crippen LogP contribution in [-0.4, -0.2) is 140 Å². The summed E-state index contributed by atoms with van der Waals surface area (Å²) in [5.41, 5.74) is 0. The van der Waals surface area contributed by atoms with Crippen molar-refractivity contribution >= 4 is 5.91 Å². The highest BCUT2D eigenvalue weighted by Crippen LogP contribution is 2.30. The third-order valence-corrected chi connectivity index (χ3v) is 11.6. The lowest BCUT2D eigenvalue weighted by Gasteiger charge is -2.46. The van der Waals surface area contributed by atoms with Gasteiger partial charge in [0.1, 0.15) is 48.8 Å². The average Bonchev–Trinajstić information content (AvgIpc) is 3.27. The maximum absolute atomic E-state index is 13.1. The number of hydrogen-bond donors (Lipinski definition) is 9. The number of unbranched alkanes of at least 4 members (excludes halogenated alkanes) is 14. The number of carbonyl (C=O) groups is 1. The number of aliphatic hydroxyl groups excluding tert-OH is 8. The van der Waals surface area contributed by atoms with Crippen molar-refractivity contribution < 1.29 is 64.6 Å². The minimum Gasteiger partial charge on any atom is -0.394 e. The van der Waals surface area contributed by atoms with Crippen LogP contribution in [0.1, 0.15) is 155 Å². The van der Waals surface area contributed by atoms with Crippen LogP contribution in [-0.2, 0) is 23.7 Å². The number of carbonyl (C=O) groups excluding carboxylic acids is 1. The fourth-order valence-corrected chi connectivity index (χ4v) is 7.64. The summed E-state index contributed by atoms with van der Waals surface area (Å²) in [4.78, 5) is 13.1. The average molecular weight is 884 g/mol. The second kappa shape index (κ2) is 35.2. The molecule has 2 fully saturated rings. The molecule has 62 heavy (non-hydrogen) atoms. The summed E-state index contributed by atoms with van der Waals surface area (Å²) in [5, 5.41) is 86.7. The summed E-state index contributed by atoms with van der Waals surface area (Å²) in [6.07, 6.45) is 22.6. The van der Waals surface area contributed by atoms with Crippen LogP contribution in [0.5, 0.6) is 0 Å². The van der Waals surface area contributed by atoms with Gasteiger partial charge in [-0.1, -0.05) is 146 Å². The Kier molecular flexibility index (Phi) is 31.9. The molecule has 0 aliphatic carbocycles. The van der Waals surface area contributed by atoms with E-state index in [1.807, 2.05) is 0 Å². The predicted molar refractivity (Wildman–Crippen MR) is 240 cm³/mol. The second-order valence-electron chi connectivity index (χ2n) is 16.9. The molecule has 2 aliphatic heterocycles. The van der Waals surface area contributed by atoms with Gasteiger partial charge in [0.2, 0.25) is 5.91 Å². The topological polar surface area (TPSA) is 228 Å². The molecule has 1 amide bonds. The summed E-state index contributed by atoms with van der Waals surface area (Å²) in [6.45, 7) is 2.68. The molecule has 0 radical (unpaired) electrons.